The van der Waals surface area contributed by atoms with Crippen molar-refractivity contribution in [2.45, 2.75) is 25.8 Å². The first-order valence-electron chi connectivity index (χ1n) is 6.44. The fraction of sp³-hybridized carbons (Fsp3) is 0.250. The number of halogens is 2. The molecule has 100 valence electrons. The first-order valence-corrected chi connectivity index (χ1v) is 7.61. The van der Waals surface area contributed by atoms with E-state index in [0.717, 1.165) is 28.0 Å². The fourth-order valence-electron chi connectivity index (χ4n) is 2.02. The highest BCUT2D eigenvalue weighted by molar-refractivity contribution is 9.10. The predicted octanol–water partition coefficient (Wildman–Crippen LogP) is 5.54. The maximum absolute atomic E-state index is 6.11. The molecule has 1 N–H and O–H groups in total. The van der Waals surface area contributed by atoms with Crippen LogP contribution in [0.3, 0.4) is 0 Å². The van der Waals surface area contributed by atoms with Gasteiger partial charge in [-0.25, -0.2) is 0 Å². The van der Waals surface area contributed by atoms with Gasteiger partial charge in [-0.1, -0.05) is 48.9 Å². The SMILES string of the molecule is CCC(Cc1ccccc1)Nc1ccc(Br)c(Cl)c1. The molecule has 0 heterocycles. The Bertz CT molecular complexity index is 528. The molecule has 1 nitrogen and oxygen atoms in total. The van der Waals surface area contributed by atoms with Crippen molar-refractivity contribution >= 4 is 33.2 Å². The van der Waals surface area contributed by atoms with Crippen LogP contribution in [-0.2, 0) is 6.42 Å². The van der Waals surface area contributed by atoms with Crippen LogP contribution in [0, 0.1) is 0 Å². The summed E-state index contributed by atoms with van der Waals surface area (Å²) in [7, 11) is 0. The third-order valence-electron chi connectivity index (χ3n) is 3.11. The van der Waals surface area contributed by atoms with Crippen molar-refractivity contribution in [1.82, 2.24) is 0 Å². The van der Waals surface area contributed by atoms with Crippen molar-refractivity contribution in [3.05, 3.63) is 63.6 Å². The lowest BCUT2D eigenvalue weighted by atomic mass is 10.0. The number of benzene rings is 2. The minimum atomic E-state index is 0.416. The summed E-state index contributed by atoms with van der Waals surface area (Å²) in [5, 5.41) is 4.28. The van der Waals surface area contributed by atoms with Crippen LogP contribution in [0.2, 0.25) is 5.02 Å². The molecule has 0 bridgehead atoms. The highest BCUT2D eigenvalue weighted by Gasteiger charge is 2.08. The van der Waals surface area contributed by atoms with Gasteiger partial charge in [-0.05, 0) is 52.5 Å². The summed E-state index contributed by atoms with van der Waals surface area (Å²) in [6, 6.07) is 16.9. The lowest BCUT2D eigenvalue weighted by Crippen LogP contribution is -2.21. The molecule has 0 saturated carbocycles. The molecule has 0 aliphatic carbocycles. The van der Waals surface area contributed by atoms with Gasteiger partial charge in [0.15, 0.2) is 0 Å². The molecule has 19 heavy (non-hydrogen) atoms. The second-order valence-electron chi connectivity index (χ2n) is 4.57. The van der Waals surface area contributed by atoms with Gasteiger partial charge in [0.1, 0.15) is 0 Å². The molecule has 0 aliphatic heterocycles. The first kappa shape index (κ1) is 14.4. The molecule has 1 unspecified atom stereocenters. The second-order valence-corrected chi connectivity index (χ2v) is 5.83. The van der Waals surface area contributed by atoms with Crippen molar-refractivity contribution < 1.29 is 0 Å². The average Bonchev–Trinajstić information content (AvgIpc) is 2.43. The van der Waals surface area contributed by atoms with Gasteiger partial charge in [0.05, 0.1) is 5.02 Å². The monoisotopic (exact) mass is 337 g/mol. The zero-order valence-electron chi connectivity index (χ0n) is 10.9. The van der Waals surface area contributed by atoms with Crippen molar-refractivity contribution in [2.24, 2.45) is 0 Å². The van der Waals surface area contributed by atoms with Crippen molar-refractivity contribution in [1.29, 1.82) is 0 Å². The largest absolute Gasteiger partial charge is 0.382 e. The molecule has 2 aromatic carbocycles. The van der Waals surface area contributed by atoms with Crippen molar-refractivity contribution in [3.63, 3.8) is 0 Å². The standard InChI is InChI=1S/C16H17BrClN/c1-2-13(10-12-6-4-3-5-7-12)19-14-8-9-15(17)16(18)11-14/h3-9,11,13,19H,2,10H2,1H3. The summed E-state index contributed by atoms with van der Waals surface area (Å²) in [4.78, 5) is 0. The van der Waals surface area contributed by atoms with Gasteiger partial charge < -0.3 is 5.32 Å². The minimum absolute atomic E-state index is 0.416. The van der Waals surface area contributed by atoms with Gasteiger partial charge in [0, 0.05) is 16.2 Å². The third kappa shape index (κ3) is 4.26. The van der Waals surface area contributed by atoms with E-state index in [-0.39, 0.29) is 0 Å². The smallest absolute Gasteiger partial charge is 0.0568 e. The molecule has 0 radical (unpaired) electrons. The average molecular weight is 339 g/mol. The van der Waals surface area contributed by atoms with E-state index in [1.54, 1.807) is 0 Å². The van der Waals surface area contributed by atoms with Crippen LogP contribution in [0.25, 0.3) is 0 Å². The lowest BCUT2D eigenvalue weighted by Gasteiger charge is -2.18. The topological polar surface area (TPSA) is 12.0 Å². The van der Waals surface area contributed by atoms with E-state index in [2.05, 4.69) is 52.4 Å². The summed E-state index contributed by atoms with van der Waals surface area (Å²) < 4.78 is 0.927. The summed E-state index contributed by atoms with van der Waals surface area (Å²) in [6.07, 6.45) is 2.09. The molecule has 0 saturated heterocycles. The van der Waals surface area contributed by atoms with Crippen molar-refractivity contribution in [3.8, 4) is 0 Å². The van der Waals surface area contributed by atoms with Crippen molar-refractivity contribution in [2.75, 3.05) is 5.32 Å². The Labute approximate surface area is 128 Å². The highest BCUT2D eigenvalue weighted by atomic mass is 79.9. The van der Waals surface area contributed by atoms with Crippen LogP contribution < -0.4 is 5.32 Å². The van der Waals surface area contributed by atoms with E-state index in [9.17, 15) is 0 Å². The second kappa shape index (κ2) is 6.97. The Morgan fingerprint density at radius 2 is 1.89 bits per heavy atom. The zero-order valence-corrected chi connectivity index (χ0v) is 13.2. The minimum Gasteiger partial charge on any atom is -0.382 e. The molecule has 2 aromatic rings. The molecule has 3 heteroatoms. The normalized spacial score (nSPS) is 12.2. The Kier molecular flexibility index (Phi) is 5.29. The molecule has 0 spiro atoms. The summed E-state index contributed by atoms with van der Waals surface area (Å²) >= 11 is 9.52. The van der Waals surface area contributed by atoms with Crippen LogP contribution in [0.1, 0.15) is 18.9 Å². The fourth-order valence-corrected chi connectivity index (χ4v) is 2.44. The van der Waals surface area contributed by atoms with E-state index in [0.29, 0.717) is 6.04 Å². The van der Waals surface area contributed by atoms with Gasteiger partial charge in [0.25, 0.3) is 0 Å². The number of hydrogen-bond donors (Lipinski definition) is 1. The molecule has 0 aromatic heterocycles. The maximum atomic E-state index is 6.11. The van der Waals surface area contributed by atoms with E-state index in [1.807, 2.05) is 24.3 Å². The molecule has 1 atom stereocenters. The Morgan fingerprint density at radius 3 is 2.53 bits per heavy atom. The number of hydrogen-bond acceptors (Lipinski definition) is 1. The quantitative estimate of drug-likeness (QED) is 0.755. The Morgan fingerprint density at radius 1 is 1.16 bits per heavy atom. The summed E-state index contributed by atoms with van der Waals surface area (Å²) in [5.41, 5.74) is 2.42. The Balaban J connectivity index is 2.04. The zero-order chi connectivity index (χ0) is 13.7. The van der Waals surface area contributed by atoms with Gasteiger partial charge in [0.2, 0.25) is 0 Å². The van der Waals surface area contributed by atoms with Gasteiger partial charge >= 0.3 is 0 Å². The molecular weight excluding hydrogens is 322 g/mol. The molecule has 0 amide bonds. The predicted molar refractivity (Wildman–Crippen MR) is 87.0 cm³/mol. The first-order chi connectivity index (χ1) is 9.19. The lowest BCUT2D eigenvalue weighted by molar-refractivity contribution is 0.690. The molecule has 0 fully saturated rings. The molecular formula is C16H17BrClN. The third-order valence-corrected chi connectivity index (χ3v) is 4.34. The van der Waals surface area contributed by atoms with Crippen LogP contribution >= 0.6 is 27.5 Å². The summed E-state index contributed by atoms with van der Waals surface area (Å²) in [5.74, 6) is 0. The van der Waals surface area contributed by atoms with Gasteiger partial charge in [-0.15, -0.1) is 0 Å². The molecule has 2 rings (SSSR count). The van der Waals surface area contributed by atoms with E-state index < -0.39 is 0 Å². The molecule has 0 aliphatic rings. The highest BCUT2D eigenvalue weighted by Crippen LogP contribution is 2.26. The Hall–Kier alpha value is -0.990. The van der Waals surface area contributed by atoms with Gasteiger partial charge in [-0.3, -0.25) is 0 Å². The van der Waals surface area contributed by atoms with Crippen LogP contribution in [0.15, 0.2) is 53.0 Å². The maximum Gasteiger partial charge on any atom is 0.0568 e. The van der Waals surface area contributed by atoms with Crippen LogP contribution in [-0.4, -0.2) is 6.04 Å². The number of anilines is 1. The van der Waals surface area contributed by atoms with E-state index in [1.165, 1.54) is 5.56 Å². The van der Waals surface area contributed by atoms with E-state index in [4.69, 9.17) is 11.6 Å². The van der Waals surface area contributed by atoms with E-state index >= 15 is 0 Å². The number of nitrogens with one attached hydrogen (secondary N) is 1. The van der Waals surface area contributed by atoms with Gasteiger partial charge in [-0.2, -0.15) is 0 Å². The summed E-state index contributed by atoms with van der Waals surface area (Å²) in [6.45, 7) is 2.20. The van der Waals surface area contributed by atoms with Crippen LogP contribution in [0.4, 0.5) is 5.69 Å². The van der Waals surface area contributed by atoms with Crippen LogP contribution in [0.5, 0.6) is 0 Å². The number of rotatable bonds is 5.